The van der Waals surface area contributed by atoms with Crippen LogP contribution in [0.1, 0.15) is 51.9 Å². The van der Waals surface area contributed by atoms with Crippen molar-refractivity contribution in [3.05, 3.63) is 0 Å². The zero-order chi connectivity index (χ0) is 11.4. The third kappa shape index (κ3) is 3.46. The molecular weight excluding hydrogens is 198 g/mol. The fourth-order valence-electron chi connectivity index (χ4n) is 3.11. The molecule has 2 fully saturated rings. The van der Waals surface area contributed by atoms with E-state index >= 15 is 0 Å². The van der Waals surface area contributed by atoms with Crippen LogP contribution in [0.15, 0.2) is 0 Å². The molecule has 2 aliphatic carbocycles. The lowest BCUT2D eigenvalue weighted by Crippen LogP contribution is -2.44. The van der Waals surface area contributed by atoms with Crippen molar-refractivity contribution in [2.75, 3.05) is 13.7 Å². The molecule has 0 aromatic heterocycles. The monoisotopic (exact) mass is 225 g/mol. The maximum Gasteiger partial charge on any atom is 0.0618 e. The van der Waals surface area contributed by atoms with Gasteiger partial charge in [-0.15, -0.1) is 0 Å². The Morgan fingerprint density at radius 1 is 1.06 bits per heavy atom. The van der Waals surface area contributed by atoms with Gasteiger partial charge in [0.05, 0.1) is 6.61 Å². The standard InChI is InChI=1S/C14H27NO/c1-11(12-6-4-3-5-7-12)15-14(10-16-2)13-8-9-13/h11-15H,3-10H2,1-2H3/t11-,14?/m0/s1. The van der Waals surface area contributed by atoms with Crippen LogP contribution in [-0.4, -0.2) is 25.8 Å². The largest absolute Gasteiger partial charge is 0.383 e. The van der Waals surface area contributed by atoms with Crippen molar-refractivity contribution in [3.63, 3.8) is 0 Å². The third-order valence-corrected chi connectivity index (χ3v) is 4.37. The van der Waals surface area contributed by atoms with E-state index in [0.29, 0.717) is 12.1 Å². The number of hydrogen-bond acceptors (Lipinski definition) is 2. The lowest BCUT2D eigenvalue weighted by atomic mass is 9.84. The minimum Gasteiger partial charge on any atom is -0.383 e. The highest BCUT2D eigenvalue weighted by Crippen LogP contribution is 2.34. The summed E-state index contributed by atoms with van der Waals surface area (Å²) in [6.07, 6.45) is 9.99. The van der Waals surface area contributed by atoms with E-state index < -0.39 is 0 Å². The molecule has 0 aliphatic heterocycles. The molecule has 0 radical (unpaired) electrons. The van der Waals surface area contributed by atoms with E-state index in [2.05, 4.69) is 12.2 Å². The fraction of sp³-hybridized carbons (Fsp3) is 1.00. The molecule has 1 unspecified atom stereocenters. The average molecular weight is 225 g/mol. The van der Waals surface area contributed by atoms with Crippen LogP contribution in [0.4, 0.5) is 0 Å². The SMILES string of the molecule is COCC(N[C@@H](C)C1CCCCC1)C1CC1. The van der Waals surface area contributed by atoms with Crippen LogP contribution in [0.5, 0.6) is 0 Å². The van der Waals surface area contributed by atoms with Crippen molar-refractivity contribution in [2.24, 2.45) is 11.8 Å². The first-order valence-electron chi connectivity index (χ1n) is 7.06. The van der Waals surface area contributed by atoms with Gasteiger partial charge in [-0.05, 0) is 44.4 Å². The summed E-state index contributed by atoms with van der Waals surface area (Å²) in [6.45, 7) is 3.27. The first-order valence-corrected chi connectivity index (χ1v) is 7.06. The molecule has 0 heterocycles. The maximum atomic E-state index is 5.33. The predicted molar refractivity (Wildman–Crippen MR) is 67.6 cm³/mol. The van der Waals surface area contributed by atoms with Gasteiger partial charge >= 0.3 is 0 Å². The van der Waals surface area contributed by atoms with Crippen LogP contribution >= 0.6 is 0 Å². The molecule has 0 saturated heterocycles. The van der Waals surface area contributed by atoms with E-state index in [9.17, 15) is 0 Å². The Kier molecular flexibility index (Phi) is 4.66. The van der Waals surface area contributed by atoms with Gasteiger partial charge in [0.2, 0.25) is 0 Å². The maximum absolute atomic E-state index is 5.33. The number of hydrogen-bond donors (Lipinski definition) is 1. The van der Waals surface area contributed by atoms with Gasteiger partial charge in [0.25, 0.3) is 0 Å². The topological polar surface area (TPSA) is 21.3 Å². The summed E-state index contributed by atoms with van der Waals surface area (Å²) < 4.78 is 5.33. The van der Waals surface area contributed by atoms with Crippen LogP contribution in [0, 0.1) is 11.8 Å². The molecule has 2 saturated carbocycles. The lowest BCUT2D eigenvalue weighted by Gasteiger charge is -2.31. The van der Waals surface area contributed by atoms with Crippen LogP contribution in [-0.2, 0) is 4.74 Å². The molecular formula is C14H27NO. The second-order valence-electron chi connectivity index (χ2n) is 5.75. The highest BCUT2D eigenvalue weighted by Gasteiger charge is 2.33. The van der Waals surface area contributed by atoms with Crippen molar-refractivity contribution >= 4 is 0 Å². The van der Waals surface area contributed by atoms with E-state index in [-0.39, 0.29) is 0 Å². The highest BCUT2D eigenvalue weighted by atomic mass is 16.5. The van der Waals surface area contributed by atoms with Gasteiger partial charge < -0.3 is 10.1 Å². The second-order valence-corrected chi connectivity index (χ2v) is 5.75. The van der Waals surface area contributed by atoms with Crippen LogP contribution in [0.3, 0.4) is 0 Å². The molecule has 2 heteroatoms. The average Bonchev–Trinajstić information content (AvgIpc) is 3.13. The Bertz CT molecular complexity index is 197. The molecule has 94 valence electrons. The van der Waals surface area contributed by atoms with E-state index in [1.165, 1.54) is 44.9 Å². The minimum absolute atomic E-state index is 0.613. The van der Waals surface area contributed by atoms with Crippen LogP contribution in [0.2, 0.25) is 0 Å². The molecule has 2 rings (SSSR count). The summed E-state index contributed by atoms with van der Waals surface area (Å²) in [5.74, 6) is 1.80. The zero-order valence-corrected chi connectivity index (χ0v) is 10.9. The Balaban J connectivity index is 1.76. The molecule has 2 atom stereocenters. The van der Waals surface area contributed by atoms with Crippen LogP contribution in [0.25, 0.3) is 0 Å². The number of methoxy groups -OCH3 is 1. The molecule has 0 spiro atoms. The van der Waals surface area contributed by atoms with E-state index in [4.69, 9.17) is 4.74 Å². The summed E-state index contributed by atoms with van der Waals surface area (Å²) in [5, 5.41) is 3.82. The normalized spacial score (nSPS) is 26.6. The van der Waals surface area contributed by atoms with E-state index in [1.807, 2.05) is 7.11 Å². The Morgan fingerprint density at radius 3 is 2.31 bits per heavy atom. The summed E-state index contributed by atoms with van der Waals surface area (Å²) in [7, 11) is 1.82. The smallest absolute Gasteiger partial charge is 0.0618 e. The molecule has 2 nitrogen and oxygen atoms in total. The van der Waals surface area contributed by atoms with Gasteiger partial charge in [-0.1, -0.05) is 19.3 Å². The molecule has 0 amide bonds. The van der Waals surface area contributed by atoms with Crippen molar-refractivity contribution in [1.29, 1.82) is 0 Å². The van der Waals surface area contributed by atoms with Crippen molar-refractivity contribution in [3.8, 4) is 0 Å². The molecule has 0 aromatic carbocycles. The Labute approximate surface area is 100 Å². The molecule has 1 N–H and O–H groups in total. The van der Waals surface area contributed by atoms with Crippen LogP contribution < -0.4 is 5.32 Å². The molecule has 0 aromatic rings. The van der Waals surface area contributed by atoms with Gasteiger partial charge in [-0.25, -0.2) is 0 Å². The van der Waals surface area contributed by atoms with E-state index in [1.54, 1.807) is 0 Å². The predicted octanol–water partition coefficient (Wildman–Crippen LogP) is 2.97. The highest BCUT2D eigenvalue weighted by molar-refractivity contribution is 4.89. The lowest BCUT2D eigenvalue weighted by molar-refractivity contribution is 0.141. The van der Waals surface area contributed by atoms with Gasteiger partial charge in [-0.2, -0.15) is 0 Å². The zero-order valence-electron chi connectivity index (χ0n) is 10.9. The fourth-order valence-corrected chi connectivity index (χ4v) is 3.11. The third-order valence-electron chi connectivity index (χ3n) is 4.37. The summed E-state index contributed by atoms with van der Waals surface area (Å²) in [6, 6.07) is 1.29. The summed E-state index contributed by atoms with van der Waals surface area (Å²) >= 11 is 0. The summed E-state index contributed by atoms with van der Waals surface area (Å²) in [4.78, 5) is 0. The number of nitrogens with one attached hydrogen (secondary N) is 1. The van der Waals surface area contributed by atoms with Gasteiger partial charge in [0.1, 0.15) is 0 Å². The Morgan fingerprint density at radius 2 is 1.75 bits per heavy atom. The van der Waals surface area contributed by atoms with Gasteiger partial charge in [0.15, 0.2) is 0 Å². The van der Waals surface area contributed by atoms with Crippen molar-refractivity contribution in [2.45, 2.75) is 64.0 Å². The molecule has 16 heavy (non-hydrogen) atoms. The second kappa shape index (κ2) is 6.02. The Hall–Kier alpha value is -0.0800. The van der Waals surface area contributed by atoms with E-state index in [0.717, 1.165) is 18.4 Å². The van der Waals surface area contributed by atoms with Gasteiger partial charge in [0, 0.05) is 19.2 Å². The summed E-state index contributed by atoms with van der Waals surface area (Å²) in [5.41, 5.74) is 0. The quantitative estimate of drug-likeness (QED) is 0.750. The molecule has 2 aliphatic rings. The first kappa shape index (κ1) is 12.4. The number of rotatable bonds is 6. The minimum atomic E-state index is 0.613. The molecule has 0 bridgehead atoms. The first-order chi connectivity index (χ1) is 7.81. The van der Waals surface area contributed by atoms with Gasteiger partial charge in [-0.3, -0.25) is 0 Å². The number of ether oxygens (including phenoxy) is 1. The van der Waals surface area contributed by atoms with Crippen molar-refractivity contribution in [1.82, 2.24) is 5.32 Å². The van der Waals surface area contributed by atoms with Crippen molar-refractivity contribution < 1.29 is 4.74 Å².